The Bertz CT molecular complexity index is 490. The van der Waals surface area contributed by atoms with Crippen LogP contribution in [-0.4, -0.2) is 34.6 Å². The molecule has 2 N–H and O–H groups in total. The Morgan fingerprint density at radius 1 is 1.48 bits per heavy atom. The second-order valence-corrected chi connectivity index (χ2v) is 5.94. The minimum atomic E-state index is -1.14. The molecule has 0 aliphatic heterocycles. The van der Waals surface area contributed by atoms with Gasteiger partial charge in [-0.25, -0.2) is 9.59 Å². The fourth-order valence-electron chi connectivity index (χ4n) is 2.66. The number of furan rings is 1. The third-order valence-corrected chi connectivity index (χ3v) is 4.20. The number of aliphatic carboxylic acids is 1. The minimum absolute atomic E-state index is 0.310. The van der Waals surface area contributed by atoms with Crippen molar-refractivity contribution in [1.29, 1.82) is 0 Å². The van der Waals surface area contributed by atoms with Gasteiger partial charge in [-0.1, -0.05) is 6.92 Å². The first-order valence-corrected chi connectivity index (χ1v) is 7.22. The molecule has 1 saturated carbocycles. The van der Waals surface area contributed by atoms with Crippen molar-refractivity contribution < 1.29 is 19.1 Å². The summed E-state index contributed by atoms with van der Waals surface area (Å²) in [6.07, 6.45) is 4.12. The van der Waals surface area contributed by atoms with Crippen LogP contribution in [0.15, 0.2) is 22.8 Å². The van der Waals surface area contributed by atoms with Crippen LogP contribution in [0.1, 0.15) is 38.4 Å². The summed E-state index contributed by atoms with van der Waals surface area (Å²) in [6, 6.07) is 3.14. The summed E-state index contributed by atoms with van der Waals surface area (Å²) in [5, 5.41) is 12.2. The maximum absolute atomic E-state index is 12.2. The summed E-state index contributed by atoms with van der Waals surface area (Å²) in [6.45, 7) is 2.42. The Balaban J connectivity index is 1.99. The number of carbonyl (C=O) groups excluding carboxylic acids is 1. The van der Waals surface area contributed by atoms with E-state index in [4.69, 9.17) is 4.42 Å². The van der Waals surface area contributed by atoms with Gasteiger partial charge < -0.3 is 19.7 Å². The molecule has 0 atom stereocenters. The molecular weight excluding hydrogens is 272 g/mol. The van der Waals surface area contributed by atoms with Gasteiger partial charge in [0.05, 0.1) is 12.8 Å². The zero-order valence-corrected chi connectivity index (χ0v) is 12.5. The molecule has 6 nitrogen and oxygen atoms in total. The van der Waals surface area contributed by atoms with Crippen molar-refractivity contribution in [3.05, 3.63) is 24.2 Å². The smallest absolute Gasteiger partial charge is 0.329 e. The van der Waals surface area contributed by atoms with Crippen LogP contribution >= 0.6 is 0 Å². The molecule has 1 aromatic rings. The molecule has 0 bridgehead atoms. The summed E-state index contributed by atoms with van der Waals surface area (Å²) < 4.78 is 5.19. The van der Waals surface area contributed by atoms with E-state index >= 15 is 0 Å². The maximum atomic E-state index is 12.2. The number of carboxylic acids is 1. The van der Waals surface area contributed by atoms with E-state index in [1.54, 1.807) is 25.4 Å². The molecule has 1 aliphatic carbocycles. The number of hydrogen-bond donors (Lipinski definition) is 2. The fourth-order valence-corrected chi connectivity index (χ4v) is 2.66. The normalized spacial score (nSPS) is 25.3. The van der Waals surface area contributed by atoms with Crippen molar-refractivity contribution in [2.45, 2.75) is 44.7 Å². The first-order chi connectivity index (χ1) is 9.93. The quantitative estimate of drug-likeness (QED) is 0.893. The Morgan fingerprint density at radius 2 is 2.14 bits per heavy atom. The molecule has 2 rings (SSSR count). The number of carboxylic acid groups (broad SMARTS) is 1. The van der Waals surface area contributed by atoms with E-state index in [2.05, 4.69) is 12.2 Å². The Morgan fingerprint density at radius 3 is 2.67 bits per heavy atom. The zero-order chi connectivity index (χ0) is 15.5. The van der Waals surface area contributed by atoms with Gasteiger partial charge in [-0.2, -0.15) is 0 Å². The van der Waals surface area contributed by atoms with E-state index in [0.29, 0.717) is 31.1 Å². The molecule has 1 aromatic heterocycles. The second-order valence-electron chi connectivity index (χ2n) is 5.94. The first-order valence-electron chi connectivity index (χ1n) is 7.22. The molecule has 0 saturated heterocycles. The highest BCUT2D eigenvalue weighted by atomic mass is 16.4. The lowest BCUT2D eigenvalue weighted by atomic mass is 9.77. The molecule has 1 heterocycles. The highest BCUT2D eigenvalue weighted by molar-refractivity contribution is 5.86. The lowest BCUT2D eigenvalue weighted by Crippen LogP contribution is -2.58. The molecule has 0 unspecified atom stereocenters. The van der Waals surface area contributed by atoms with Gasteiger partial charge in [-0.3, -0.25) is 0 Å². The number of hydrogen-bond acceptors (Lipinski definition) is 3. The molecule has 1 fully saturated rings. The van der Waals surface area contributed by atoms with Gasteiger partial charge in [0.2, 0.25) is 0 Å². The fraction of sp³-hybridized carbons (Fsp3) is 0.600. The zero-order valence-electron chi connectivity index (χ0n) is 12.5. The third-order valence-electron chi connectivity index (χ3n) is 4.20. The molecule has 0 aromatic carbocycles. The van der Waals surface area contributed by atoms with Gasteiger partial charge in [-0.15, -0.1) is 0 Å². The van der Waals surface area contributed by atoms with Crippen molar-refractivity contribution in [1.82, 2.24) is 10.2 Å². The SMILES string of the molecule is CC1CCC(NC(=O)N(C)Cc2ccco2)(C(=O)O)CC1. The maximum Gasteiger partial charge on any atom is 0.329 e. The summed E-state index contributed by atoms with van der Waals surface area (Å²) in [7, 11) is 1.62. The first kappa shape index (κ1) is 15.4. The van der Waals surface area contributed by atoms with Crippen LogP contribution in [0.2, 0.25) is 0 Å². The van der Waals surface area contributed by atoms with Crippen LogP contribution in [0, 0.1) is 5.92 Å². The molecule has 0 radical (unpaired) electrons. The predicted molar refractivity (Wildman–Crippen MR) is 76.7 cm³/mol. The van der Waals surface area contributed by atoms with Crippen molar-refractivity contribution in [3.63, 3.8) is 0 Å². The van der Waals surface area contributed by atoms with Crippen molar-refractivity contribution >= 4 is 12.0 Å². The monoisotopic (exact) mass is 294 g/mol. The molecular formula is C15H22N2O4. The van der Waals surface area contributed by atoms with E-state index in [1.807, 2.05) is 0 Å². The molecule has 0 spiro atoms. The predicted octanol–water partition coefficient (Wildman–Crippen LogP) is 2.45. The van der Waals surface area contributed by atoms with Crippen molar-refractivity contribution in [2.24, 2.45) is 5.92 Å². The minimum Gasteiger partial charge on any atom is -0.480 e. The van der Waals surface area contributed by atoms with Gasteiger partial charge in [0.15, 0.2) is 0 Å². The lowest BCUT2D eigenvalue weighted by molar-refractivity contribution is -0.146. The van der Waals surface area contributed by atoms with E-state index in [-0.39, 0.29) is 6.03 Å². The topological polar surface area (TPSA) is 82.8 Å². The van der Waals surface area contributed by atoms with Crippen molar-refractivity contribution in [2.75, 3.05) is 7.05 Å². The van der Waals surface area contributed by atoms with Crippen LogP contribution in [0.4, 0.5) is 4.79 Å². The molecule has 21 heavy (non-hydrogen) atoms. The highest BCUT2D eigenvalue weighted by Gasteiger charge is 2.43. The average Bonchev–Trinajstić information content (AvgIpc) is 2.94. The van der Waals surface area contributed by atoms with Gasteiger partial charge in [0.25, 0.3) is 0 Å². The Hall–Kier alpha value is -1.98. The summed E-state index contributed by atoms with van der Waals surface area (Å²) in [5.41, 5.74) is -1.14. The largest absolute Gasteiger partial charge is 0.480 e. The van der Waals surface area contributed by atoms with E-state index < -0.39 is 11.5 Å². The molecule has 6 heteroatoms. The lowest BCUT2D eigenvalue weighted by Gasteiger charge is -2.37. The van der Waals surface area contributed by atoms with E-state index in [0.717, 1.165) is 12.8 Å². The van der Waals surface area contributed by atoms with E-state index in [1.165, 1.54) is 4.90 Å². The number of nitrogens with one attached hydrogen (secondary N) is 1. The van der Waals surface area contributed by atoms with Gasteiger partial charge >= 0.3 is 12.0 Å². The number of urea groups is 1. The Kier molecular flexibility index (Phi) is 4.55. The van der Waals surface area contributed by atoms with Crippen LogP contribution in [0.5, 0.6) is 0 Å². The average molecular weight is 294 g/mol. The van der Waals surface area contributed by atoms with E-state index in [9.17, 15) is 14.7 Å². The number of nitrogens with zero attached hydrogens (tertiary/aromatic N) is 1. The van der Waals surface area contributed by atoms with Gasteiger partial charge in [0.1, 0.15) is 11.3 Å². The Labute approximate surface area is 124 Å². The van der Waals surface area contributed by atoms with Crippen molar-refractivity contribution in [3.8, 4) is 0 Å². The summed E-state index contributed by atoms with van der Waals surface area (Å²) in [5.74, 6) is 0.221. The van der Waals surface area contributed by atoms with Gasteiger partial charge in [0, 0.05) is 7.05 Å². The number of carbonyl (C=O) groups is 2. The molecule has 116 valence electrons. The third kappa shape index (κ3) is 3.56. The summed E-state index contributed by atoms with van der Waals surface area (Å²) in [4.78, 5) is 25.3. The molecule has 2 amide bonds. The highest BCUT2D eigenvalue weighted by Crippen LogP contribution is 2.32. The number of amides is 2. The van der Waals surface area contributed by atoms with Crippen LogP contribution in [-0.2, 0) is 11.3 Å². The van der Waals surface area contributed by atoms with Crippen LogP contribution < -0.4 is 5.32 Å². The van der Waals surface area contributed by atoms with Crippen LogP contribution in [0.25, 0.3) is 0 Å². The summed E-state index contributed by atoms with van der Waals surface area (Å²) >= 11 is 0. The van der Waals surface area contributed by atoms with Crippen LogP contribution in [0.3, 0.4) is 0 Å². The standard InChI is InChI=1S/C15H22N2O4/c1-11-5-7-15(8-6-11,13(18)19)16-14(20)17(2)10-12-4-3-9-21-12/h3-4,9,11H,5-8,10H2,1-2H3,(H,16,20)(H,18,19). The second kappa shape index (κ2) is 6.20. The number of rotatable bonds is 4. The molecule has 1 aliphatic rings. The van der Waals surface area contributed by atoms with Gasteiger partial charge in [-0.05, 0) is 43.7 Å².